The molecule has 3 aliphatic carbocycles. The molecule has 0 aromatic heterocycles. The predicted octanol–water partition coefficient (Wildman–Crippen LogP) is 5.49. The zero-order valence-corrected chi connectivity index (χ0v) is 32.9. The smallest absolute Gasteiger partial charge is 0.306 e. The Morgan fingerprint density at radius 3 is 2.25 bits per heavy atom. The molecule has 0 aromatic carbocycles. The second-order valence-corrected chi connectivity index (χ2v) is 16.5. The van der Waals surface area contributed by atoms with E-state index < -0.39 is 12.4 Å². The molecule has 6 aliphatic rings. The van der Waals surface area contributed by atoms with E-state index in [9.17, 15) is 9.59 Å². The second-order valence-electron chi connectivity index (χ2n) is 16.5. The summed E-state index contributed by atoms with van der Waals surface area (Å²) in [5.41, 5.74) is 0.763. The zero-order chi connectivity index (χ0) is 37.3. The molecule has 11 nitrogen and oxygen atoms in total. The van der Waals surface area contributed by atoms with E-state index in [1.807, 2.05) is 13.8 Å². The number of carbonyl (C=O) groups excluding carboxylic acids is 2. The second kappa shape index (κ2) is 17.4. The first-order valence-electron chi connectivity index (χ1n) is 20.0. The lowest BCUT2D eigenvalue weighted by molar-refractivity contribution is -0.314. The summed E-state index contributed by atoms with van der Waals surface area (Å²) in [6, 6.07) is 0.339. The summed E-state index contributed by atoms with van der Waals surface area (Å²) in [7, 11) is 9.15. The van der Waals surface area contributed by atoms with Gasteiger partial charge in [0.2, 0.25) is 0 Å². The van der Waals surface area contributed by atoms with Crippen molar-refractivity contribution in [3.63, 3.8) is 0 Å². The van der Waals surface area contributed by atoms with Crippen molar-refractivity contribution in [2.75, 3.05) is 35.4 Å². The van der Waals surface area contributed by atoms with Gasteiger partial charge in [-0.2, -0.15) is 0 Å². The van der Waals surface area contributed by atoms with Crippen LogP contribution >= 0.6 is 0 Å². The summed E-state index contributed by atoms with van der Waals surface area (Å²) in [4.78, 5) is 30.4. The third-order valence-electron chi connectivity index (χ3n) is 13.3. The molecule has 0 bridgehead atoms. The van der Waals surface area contributed by atoms with E-state index in [0.717, 1.165) is 50.5 Å². The fourth-order valence-electron chi connectivity index (χ4n) is 10.4. The van der Waals surface area contributed by atoms with E-state index in [0.29, 0.717) is 18.4 Å². The van der Waals surface area contributed by atoms with E-state index in [1.165, 1.54) is 0 Å². The summed E-state index contributed by atoms with van der Waals surface area (Å²) in [6.07, 6.45) is 10.8. The highest BCUT2D eigenvalue weighted by atomic mass is 16.7. The number of cyclic esters (lactones) is 1. The van der Waals surface area contributed by atoms with Crippen LogP contribution in [0.5, 0.6) is 0 Å². The molecule has 0 aromatic rings. The van der Waals surface area contributed by atoms with E-state index in [2.05, 4.69) is 51.1 Å². The number of methoxy groups -OCH3 is 3. The molecule has 52 heavy (non-hydrogen) atoms. The van der Waals surface area contributed by atoms with Crippen LogP contribution in [0.25, 0.3) is 0 Å². The van der Waals surface area contributed by atoms with Gasteiger partial charge in [0.15, 0.2) is 18.4 Å². The topological polar surface area (TPSA) is 111 Å². The van der Waals surface area contributed by atoms with Crippen LogP contribution in [-0.2, 0) is 47.5 Å². The first-order chi connectivity index (χ1) is 25.0. The molecule has 11 heteroatoms. The number of fused-ring (bicyclic) bond motifs is 5. The zero-order valence-electron chi connectivity index (χ0n) is 32.9. The average Bonchev–Trinajstić information content (AvgIpc) is 3.70. The normalized spacial score (nSPS) is 45.7. The van der Waals surface area contributed by atoms with Crippen molar-refractivity contribution in [3.8, 4) is 0 Å². The van der Waals surface area contributed by atoms with Gasteiger partial charge in [-0.15, -0.1) is 0 Å². The highest BCUT2D eigenvalue weighted by molar-refractivity contribution is 5.99. The minimum Gasteiger partial charge on any atom is -0.462 e. The third kappa shape index (κ3) is 8.27. The molecule has 3 aliphatic heterocycles. The van der Waals surface area contributed by atoms with Crippen molar-refractivity contribution in [2.45, 2.75) is 153 Å². The van der Waals surface area contributed by atoms with Gasteiger partial charge in [0.05, 0.1) is 30.8 Å². The van der Waals surface area contributed by atoms with Gasteiger partial charge in [-0.3, -0.25) is 9.59 Å². The van der Waals surface area contributed by atoms with Gasteiger partial charge in [0, 0.05) is 39.2 Å². The molecule has 3 heterocycles. The van der Waals surface area contributed by atoms with Crippen LogP contribution in [0.4, 0.5) is 0 Å². The van der Waals surface area contributed by atoms with Crippen molar-refractivity contribution >= 4 is 11.8 Å². The number of esters is 1. The molecular weight excluding hydrogens is 666 g/mol. The van der Waals surface area contributed by atoms with Crippen molar-refractivity contribution in [1.82, 2.24) is 4.90 Å². The number of allylic oxidation sites excluding steroid dienone is 4. The highest BCUT2D eigenvalue weighted by Crippen LogP contribution is 2.54. The van der Waals surface area contributed by atoms with Gasteiger partial charge in [-0.1, -0.05) is 32.1 Å². The Bertz CT molecular complexity index is 1290. The number of ether oxygens (including phenoxy) is 8. The summed E-state index contributed by atoms with van der Waals surface area (Å²) in [5, 5.41) is 0. The number of nitrogens with zero attached hydrogens (tertiary/aromatic N) is 1. The molecule has 0 amide bonds. The Morgan fingerprint density at radius 2 is 1.58 bits per heavy atom. The molecule has 1 saturated carbocycles. The first-order valence-corrected chi connectivity index (χ1v) is 20.0. The molecule has 3 saturated heterocycles. The Labute approximate surface area is 311 Å². The molecule has 0 radical (unpaired) electrons. The number of ketones is 1. The standard InChI is InChI=1S/C41H65NO10/c1-10-26-12-11-13-34(52-36-17-16-33(42(5)6)23(3)48-36)22(2)37(44)32-20-30-28(31(32)21-35(43)50-26)15-14-25-18-27(19-29(25)30)51-41-40(47-9)39(46-8)38(45-7)24(4)49-41/h14-15,20,22-31,33-34,36,38-41H,10-13,16-19,21H2,1-9H3/t22-,23?,24?,25?,26+,27-,28-,29-,30-,31+,33?,34+,36?,38?,39?,40?,41?/m1/s1. The number of hydrogen-bond acceptors (Lipinski definition) is 11. The Balaban J connectivity index is 1.20. The molecule has 0 spiro atoms. The SMILES string of the molecule is CC[C@H]1CCC[C@H](OC2CCC(N(C)C)C(C)O2)[C@@H](C)C(=O)C2=C[C@@H]3[C@@H](C=CC4C[C@@H](OC5OC(C)C(OC)C(OC)C5OC)C[C@H]43)[C@@H]2CC(=O)O1. The molecule has 294 valence electrons. The van der Waals surface area contributed by atoms with E-state index in [4.69, 9.17) is 37.9 Å². The van der Waals surface area contributed by atoms with Crippen molar-refractivity contribution in [2.24, 2.45) is 35.5 Å². The summed E-state index contributed by atoms with van der Waals surface area (Å²) in [5.74, 6) is 0.0198. The maximum Gasteiger partial charge on any atom is 0.306 e. The Kier molecular flexibility index (Phi) is 13.4. The van der Waals surface area contributed by atoms with Gasteiger partial charge in [-0.05, 0) is 109 Å². The van der Waals surface area contributed by atoms with Crippen LogP contribution < -0.4 is 0 Å². The van der Waals surface area contributed by atoms with Crippen LogP contribution in [0.3, 0.4) is 0 Å². The van der Waals surface area contributed by atoms with E-state index >= 15 is 0 Å². The Morgan fingerprint density at radius 1 is 0.827 bits per heavy atom. The monoisotopic (exact) mass is 731 g/mol. The minimum atomic E-state index is -0.594. The van der Waals surface area contributed by atoms with Crippen molar-refractivity contribution < 1.29 is 47.5 Å². The number of carbonyl (C=O) groups is 2. The molecule has 0 N–H and O–H groups in total. The number of Topliss-reactive ketones (excluding diaryl/α,β-unsaturated/α-hetero) is 1. The highest BCUT2D eigenvalue weighted by Gasteiger charge is 2.52. The average molecular weight is 732 g/mol. The van der Waals surface area contributed by atoms with Gasteiger partial charge in [0.1, 0.15) is 24.4 Å². The maximum absolute atomic E-state index is 14.7. The predicted molar refractivity (Wildman–Crippen MR) is 194 cm³/mol. The fraction of sp³-hybridized carbons (Fsp3) is 0.854. The van der Waals surface area contributed by atoms with Crippen molar-refractivity contribution in [1.29, 1.82) is 0 Å². The van der Waals surface area contributed by atoms with E-state index in [-0.39, 0.29) is 96.8 Å². The summed E-state index contributed by atoms with van der Waals surface area (Å²) < 4.78 is 49.5. The van der Waals surface area contributed by atoms with Gasteiger partial charge < -0.3 is 42.8 Å². The molecule has 6 rings (SSSR count). The number of hydrogen-bond donors (Lipinski definition) is 0. The van der Waals surface area contributed by atoms with E-state index in [1.54, 1.807) is 21.3 Å². The first kappa shape index (κ1) is 40.0. The van der Waals surface area contributed by atoms with Crippen LogP contribution in [0.15, 0.2) is 23.8 Å². The lowest BCUT2D eigenvalue weighted by Gasteiger charge is -2.44. The maximum atomic E-state index is 14.7. The van der Waals surface area contributed by atoms with Crippen LogP contribution in [0.1, 0.15) is 85.5 Å². The molecule has 4 fully saturated rings. The largest absolute Gasteiger partial charge is 0.462 e. The quantitative estimate of drug-likeness (QED) is 0.222. The lowest BCUT2D eigenvalue weighted by Crippen LogP contribution is -2.59. The van der Waals surface area contributed by atoms with Crippen LogP contribution in [0.2, 0.25) is 0 Å². The fourth-order valence-corrected chi connectivity index (χ4v) is 10.4. The van der Waals surface area contributed by atoms with Gasteiger partial charge in [0.25, 0.3) is 0 Å². The van der Waals surface area contributed by atoms with Crippen LogP contribution in [0, 0.1) is 35.5 Å². The minimum absolute atomic E-state index is 0.0380. The van der Waals surface area contributed by atoms with Gasteiger partial charge >= 0.3 is 5.97 Å². The summed E-state index contributed by atoms with van der Waals surface area (Å²) >= 11 is 0. The number of rotatable bonds is 9. The Hall–Kier alpha value is -1.70. The third-order valence-corrected chi connectivity index (χ3v) is 13.3. The molecule has 9 unspecified atom stereocenters. The lowest BCUT2D eigenvalue weighted by atomic mass is 9.70. The van der Waals surface area contributed by atoms with Gasteiger partial charge in [-0.25, -0.2) is 0 Å². The number of likely N-dealkylation sites (N-methyl/N-ethyl adjacent to an activating group) is 1. The molecular formula is C41H65NO10. The summed E-state index contributed by atoms with van der Waals surface area (Å²) in [6.45, 7) is 8.17. The molecule has 17 atom stereocenters. The van der Waals surface area contributed by atoms with Crippen LogP contribution in [-0.4, -0.2) is 120 Å². The van der Waals surface area contributed by atoms with Crippen molar-refractivity contribution in [3.05, 3.63) is 23.8 Å².